The summed E-state index contributed by atoms with van der Waals surface area (Å²) in [6, 6.07) is 3.53. The molecule has 0 unspecified atom stereocenters. The molecule has 16 heavy (non-hydrogen) atoms. The molecule has 0 aliphatic rings. The van der Waals surface area contributed by atoms with E-state index >= 15 is 0 Å². The van der Waals surface area contributed by atoms with Crippen molar-refractivity contribution in [1.29, 1.82) is 0 Å². The van der Waals surface area contributed by atoms with E-state index in [0.29, 0.717) is 0 Å². The van der Waals surface area contributed by atoms with Crippen molar-refractivity contribution in [3.05, 3.63) is 29.6 Å². The number of benzene rings is 1. The van der Waals surface area contributed by atoms with Gasteiger partial charge < -0.3 is 16.8 Å². The van der Waals surface area contributed by atoms with Crippen LogP contribution in [0.4, 0.5) is 10.1 Å². The maximum atomic E-state index is 12.9. The largest absolute Gasteiger partial charge is 0.399 e. The van der Waals surface area contributed by atoms with E-state index in [-0.39, 0.29) is 24.2 Å². The van der Waals surface area contributed by atoms with Gasteiger partial charge in [0.05, 0.1) is 0 Å². The average molecular weight is 225 g/mol. The Morgan fingerprint density at radius 2 is 2.00 bits per heavy atom. The first-order valence-corrected chi connectivity index (χ1v) is 4.61. The van der Waals surface area contributed by atoms with Gasteiger partial charge in [0.2, 0.25) is 5.91 Å². The second-order valence-corrected chi connectivity index (χ2v) is 3.25. The van der Waals surface area contributed by atoms with Crippen LogP contribution < -0.4 is 16.8 Å². The summed E-state index contributed by atoms with van der Waals surface area (Å²) in [4.78, 5) is 21.9. The lowest BCUT2D eigenvalue weighted by molar-refractivity contribution is -0.117. The number of rotatable bonds is 4. The summed E-state index contributed by atoms with van der Waals surface area (Å²) in [5.74, 6) is -1.59. The van der Waals surface area contributed by atoms with Gasteiger partial charge in [0.1, 0.15) is 5.82 Å². The van der Waals surface area contributed by atoms with Crippen LogP contribution in [0.3, 0.4) is 0 Å². The Balaban J connectivity index is 2.62. The number of nitrogens with one attached hydrogen (secondary N) is 1. The van der Waals surface area contributed by atoms with Crippen LogP contribution in [0, 0.1) is 5.82 Å². The summed E-state index contributed by atoms with van der Waals surface area (Å²) < 4.78 is 12.9. The number of carbonyl (C=O) groups excluding carboxylic acids is 2. The number of anilines is 1. The predicted molar refractivity (Wildman–Crippen MR) is 57.0 cm³/mol. The minimum absolute atomic E-state index is 0.0382. The molecule has 0 aliphatic heterocycles. The van der Waals surface area contributed by atoms with E-state index in [9.17, 15) is 14.0 Å². The highest BCUT2D eigenvalue weighted by Gasteiger charge is 2.07. The van der Waals surface area contributed by atoms with Crippen LogP contribution >= 0.6 is 0 Å². The fourth-order valence-electron chi connectivity index (χ4n) is 1.14. The lowest BCUT2D eigenvalue weighted by Crippen LogP contribution is -2.28. The van der Waals surface area contributed by atoms with Crippen LogP contribution in [-0.4, -0.2) is 18.4 Å². The van der Waals surface area contributed by atoms with Crippen LogP contribution in [0.5, 0.6) is 0 Å². The zero-order chi connectivity index (χ0) is 12.1. The number of nitrogens with two attached hydrogens (primary N) is 2. The third-order valence-electron chi connectivity index (χ3n) is 1.84. The zero-order valence-corrected chi connectivity index (χ0v) is 8.50. The van der Waals surface area contributed by atoms with Crippen molar-refractivity contribution in [2.24, 2.45) is 5.73 Å². The number of hydrogen-bond donors (Lipinski definition) is 3. The van der Waals surface area contributed by atoms with Crippen LogP contribution in [-0.2, 0) is 4.79 Å². The molecule has 6 heteroatoms. The summed E-state index contributed by atoms with van der Waals surface area (Å²) in [5, 5.41) is 2.42. The van der Waals surface area contributed by atoms with Crippen molar-refractivity contribution in [1.82, 2.24) is 5.32 Å². The standard InChI is InChI=1S/C10H12FN3O2/c11-7-3-6(4-8(12)5-7)10(16)14-2-1-9(13)15/h3-5H,1-2,12H2,(H2,13,15)(H,14,16). The molecule has 1 rings (SSSR count). The maximum absolute atomic E-state index is 12.9. The molecule has 0 radical (unpaired) electrons. The number of nitrogen functional groups attached to an aromatic ring is 1. The molecule has 1 aromatic carbocycles. The Morgan fingerprint density at radius 3 is 2.56 bits per heavy atom. The van der Waals surface area contributed by atoms with E-state index in [1.54, 1.807) is 0 Å². The van der Waals surface area contributed by atoms with Gasteiger partial charge in [0.15, 0.2) is 0 Å². The zero-order valence-electron chi connectivity index (χ0n) is 8.50. The molecule has 5 N–H and O–H groups in total. The van der Waals surface area contributed by atoms with Crippen molar-refractivity contribution < 1.29 is 14.0 Å². The molecule has 0 heterocycles. The summed E-state index contributed by atoms with van der Waals surface area (Å²) >= 11 is 0. The summed E-state index contributed by atoms with van der Waals surface area (Å²) in [6.07, 6.45) is 0.0382. The van der Waals surface area contributed by atoms with Crippen molar-refractivity contribution >= 4 is 17.5 Å². The maximum Gasteiger partial charge on any atom is 0.251 e. The number of hydrogen-bond acceptors (Lipinski definition) is 3. The number of halogens is 1. The predicted octanol–water partition coefficient (Wildman–Crippen LogP) is 0.0131. The third kappa shape index (κ3) is 3.56. The van der Waals surface area contributed by atoms with Gasteiger partial charge in [0.25, 0.3) is 5.91 Å². The number of carbonyl (C=O) groups is 2. The lowest BCUT2D eigenvalue weighted by Gasteiger charge is -2.04. The highest BCUT2D eigenvalue weighted by Crippen LogP contribution is 2.10. The lowest BCUT2D eigenvalue weighted by atomic mass is 10.2. The second kappa shape index (κ2) is 5.11. The second-order valence-electron chi connectivity index (χ2n) is 3.25. The van der Waals surface area contributed by atoms with Crippen molar-refractivity contribution in [2.75, 3.05) is 12.3 Å². The van der Waals surface area contributed by atoms with Gasteiger partial charge in [-0.1, -0.05) is 0 Å². The van der Waals surface area contributed by atoms with Crippen molar-refractivity contribution in [3.8, 4) is 0 Å². The van der Waals surface area contributed by atoms with Crippen LogP contribution in [0.15, 0.2) is 18.2 Å². The Labute approximate surface area is 91.6 Å². The van der Waals surface area contributed by atoms with Gasteiger partial charge in [-0.2, -0.15) is 0 Å². The van der Waals surface area contributed by atoms with Gasteiger partial charge >= 0.3 is 0 Å². The molecule has 0 fully saturated rings. The molecular formula is C10H12FN3O2. The fourth-order valence-corrected chi connectivity index (χ4v) is 1.14. The average Bonchev–Trinajstić information content (AvgIpc) is 2.15. The smallest absolute Gasteiger partial charge is 0.251 e. The molecule has 0 bridgehead atoms. The molecule has 2 amide bonds. The van der Waals surface area contributed by atoms with Gasteiger partial charge in [-0.05, 0) is 18.2 Å². The van der Waals surface area contributed by atoms with E-state index in [2.05, 4.69) is 5.32 Å². The van der Waals surface area contributed by atoms with Gasteiger partial charge in [-0.25, -0.2) is 4.39 Å². The molecule has 0 atom stereocenters. The van der Waals surface area contributed by atoms with Crippen LogP contribution in [0.25, 0.3) is 0 Å². The van der Waals surface area contributed by atoms with E-state index in [0.717, 1.165) is 12.1 Å². The third-order valence-corrected chi connectivity index (χ3v) is 1.84. The van der Waals surface area contributed by atoms with Crippen molar-refractivity contribution in [2.45, 2.75) is 6.42 Å². The minimum atomic E-state index is -0.583. The first-order chi connectivity index (χ1) is 7.49. The van der Waals surface area contributed by atoms with Crippen LogP contribution in [0.1, 0.15) is 16.8 Å². The molecule has 0 aromatic heterocycles. The summed E-state index contributed by atoms with van der Waals surface area (Å²) in [6.45, 7) is 0.116. The van der Waals surface area contributed by atoms with E-state index < -0.39 is 17.6 Å². The topological polar surface area (TPSA) is 98.2 Å². The van der Waals surface area contributed by atoms with Crippen LogP contribution in [0.2, 0.25) is 0 Å². The number of primary amides is 1. The molecule has 0 aliphatic carbocycles. The molecule has 1 aromatic rings. The van der Waals surface area contributed by atoms with Gasteiger partial charge in [0, 0.05) is 24.2 Å². The first kappa shape index (κ1) is 12.0. The van der Waals surface area contributed by atoms with Gasteiger partial charge in [-0.3, -0.25) is 9.59 Å². The Kier molecular flexibility index (Phi) is 3.82. The quantitative estimate of drug-likeness (QED) is 0.629. The minimum Gasteiger partial charge on any atom is -0.399 e. The SMILES string of the molecule is NC(=O)CCNC(=O)c1cc(N)cc(F)c1. The van der Waals surface area contributed by atoms with E-state index in [1.807, 2.05) is 0 Å². The molecule has 0 spiro atoms. The van der Waals surface area contributed by atoms with E-state index in [4.69, 9.17) is 11.5 Å². The Hall–Kier alpha value is -2.11. The summed E-state index contributed by atoms with van der Waals surface area (Å²) in [7, 11) is 0. The molecule has 0 saturated heterocycles. The fraction of sp³-hybridized carbons (Fsp3) is 0.200. The first-order valence-electron chi connectivity index (χ1n) is 4.61. The molecule has 86 valence electrons. The van der Waals surface area contributed by atoms with E-state index in [1.165, 1.54) is 6.07 Å². The van der Waals surface area contributed by atoms with Crippen molar-refractivity contribution in [3.63, 3.8) is 0 Å². The Morgan fingerprint density at radius 1 is 1.31 bits per heavy atom. The normalized spacial score (nSPS) is 9.81. The highest BCUT2D eigenvalue weighted by atomic mass is 19.1. The Bertz CT molecular complexity index is 400. The number of amides is 2. The van der Waals surface area contributed by atoms with Gasteiger partial charge in [-0.15, -0.1) is 0 Å². The monoisotopic (exact) mass is 225 g/mol. The molecule has 5 nitrogen and oxygen atoms in total. The highest BCUT2D eigenvalue weighted by molar-refractivity contribution is 5.95. The molecular weight excluding hydrogens is 213 g/mol. The molecule has 0 saturated carbocycles. The summed E-state index contributed by atoms with van der Waals surface area (Å²) in [5.41, 5.74) is 10.6.